The summed E-state index contributed by atoms with van der Waals surface area (Å²) < 4.78 is 4.85. The third-order valence-corrected chi connectivity index (χ3v) is 3.28. The first-order valence-corrected chi connectivity index (χ1v) is 6.59. The minimum atomic E-state index is -0.902. The van der Waals surface area contributed by atoms with Crippen molar-refractivity contribution in [3.63, 3.8) is 0 Å². The number of ether oxygens (including phenoxy) is 1. The molecule has 0 saturated carbocycles. The molecule has 1 rings (SSSR count). The van der Waals surface area contributed by atoms with Gasteiger partial charge in [-0.1, -0.05) is 25.6 Å². The van der Waals surface area contributed by atoms with Gasteiger partial charge in [-0.3, -0.25) is 14.7 Å². The van der Waals surface area contributed by atoms with E-state index in [0.29, 0.717) is 5.16 Å². The van der Waals surface area contributed by atoms with Gasteiger partial charge in [0.15, 0.2) is 11.0 Å². The zero-order valence-electron chi connectivity index (χ0n) is 10.9. The summed E-state index contributed by atoms with van der Waals surface area (Å²) in [6.07, 6.45) is 0. The van der Waals surface area contributed by atoms with E-state index in [2.05, 4.69) is 15.2 Å². The second-order valence-corrected chi connectivity index (χ2v) is 5.09. The first-order chi connectivity index (χ1) is 8.45. The van der Waals surface area contributed by atoms with Crippen LogP contribution in [0.1, 0.15) is 39.4 Å². The number of carbonyl (C=O) groups excluding carboxylic acids is 2. The van der Waals surface area contributed by atoms with Gasteiger partial charge >= 0.3 is 5.97 Å². The summed E-state index contributed by atoms with van der Waals surface area (Å²) in [6, 6.07) is 0. The molecule has 1 aromatic rings. The molecule has 0 bridgehead atoms. The summed E-state index contributed by atoms with van der Waals surface area (Å²) in [7, 11) is 0. The molecule has 0 aliphatic rings. The Balaban J connectivity index is 2.77. The maximum Gasteiger partial charge on any atom is 0.327 e. The molecular formula is C11H17N3O3S. The fourth-order valence-electron chi connectivity index (χ4n) is 1.19. The van der Waals surface area contributed by atoms with Crippen molar-refractivity contribution in [2.24, 2.45) is 0 Å². The fourth-order valence-corrected chi connectivity index (χ4v) is 1.98. The van der Waals surface area contributed by atoms with Gasteiger partial charge in [-0.15, -0.1) is 5.10 Å². The number of nitrogens with one attached hydrogen (secondary N) is 1. The van der Waals surface area contributed by atoms with Gasteiger partial charge in [0.25, 0.3) is 0 Å². The Hall–Kier alpha value is -1.37. The van der Waals surface area contributed by atoms with E-state index in [1.165, 1.54) is 6.92 Å². The van der Waals surface area contributed by atoms with Crippen LogP contribution in [0.3, 0.4) is 0 Å². The van der Waals surface area contributed by atoms with E-state index in [4.69, 9.17) is 4.74 Å². The zero-order chi connectivity index (χ0) is 13.7. The second-order valence-electron chi connectivity index (χ2n) is 4.02. The van der Waals surface area contributed by atoms with E-state index in [0.717, 1.165) is 17.6 Å². The van der Waals surface area contributed by atoms with Gasteiger partial charge in [0, 0.05) is 5.92 Å². The predicted molar refractivity (Wildman–Crippen MR) is 67.4 cm³/mol. The Morgan fingerprint density at radius 2 is 2.11 bits per heavy atom. The number of thioether (sulfide) groups is 1. The summed E-state index contributed by atoms with van der Waals surface area (Å²) in [5.74, 6) is 0.120. The van der Waals surface area contributed by atoms with Crippen molar-refractivity contribution in [1.29, 1.82) is 0 Å². The number of hydrogen-bond donors (Lipinski definition) is 1. The maximum atomic E-state index is 11.6. The maximum absolute atomic E-state index is 11.6. The van der Waals surface area contributed by atoms with E-state index in [9.17, 15) is 9.59 Å². The highest BCUT2D eigenvalue weighted by atomic mass is 32.2. The topological polar surface area (TPSA) is 84.9 Å². The average molecular weight is 271 g/mol. The number of aromatic nitrogens is 3. The second kappa shape index (κ2) is 6.53. The predicted octanol–water partition coefficient (Wildman–Crippen LogP) is 1.54. The molecule has 18 heavy (non-hydrogen) atoms. The summed E-state index contributed by atoms with van der Waals surface area (Å²) >= 11 is 1.01. The molecular weight excluding hydrogens is 254 g/mol. The number of H-pyrrole nitrogens is 1. The molecule has 100 valence electrons. The largest absolute Gasteiger partial charge is 0.465 e. The molecule has 6 nitrogen and oxygen atoms in total. The normalized spacial score (nSPS) is 12.5. The molecule has 0 unspecified atom stereocenters. The smallest absolute Gasteiger partial charge is 0.327 e. The first kappa shape index (κ1) is 14.7. The molecule has 0 fully saturated rings. The highest BCUT2D eigenvalue weighted by molar-refractivity contribution is 8.01. The van der Waals surface area contributed by atoms with Gasteiger partial charge < -0.3 is 4.74 Å². The van der Waals surface area contributed by atoms with Crippen molar-refractivity contribution in [2.45, 2.75) is 44.0 Å². The lowest BCUT2D eigenvalue weighted by Gasteiger charge is -2.09. The molecule has 0 amide bonds. The number of rotatable bonds is 6. The van der Waals surface area contributed by atoms with Crippen molar-refractivity contribution in [2.75, 3.05) is 6.61 Å². The number of esters is 1. The summed E-state index contributed by atoms with van der Waals surface area (Å²) in [4.78, 5) is 27.2. The van der Waals surface area contributed by atoms with Crippen molar-refractivity contribution < 1.29 is 14.3 Å². The fraction of sp³-hybridized carbons (Fsp3) is 0.636. The van der Waals surface area contributed by atoms with Crippen LogP contribution in [0.5, 0.6) is 0 Å². The lowest BCUT2D eigenvalue weighted by molar-refractivity contribution is -0.144. The number of ketones is 1. The van der Waals surface area contributed by atoms with E-state index in [1.54, 1.807) is 6.92 Å². The molecule has 1 aromatic heterocycles. The third-order valence-electron chi connectivity index (χ3n) is 2.12. The minimum Gasteiger partial charge on any atom is -0.465 e. The van der Waals surface area contributed by atoms with Gasteiger partial charge in [-0.2, -0.15) is 0 Å². The van der Waals surface area contributed by atoms with E-state index in [1.807, 2.05) is 13.8 Å². The summed E-state index contributed by atoms with van der Waals surface area (Å²) in [5, 5.41) is 6.22. The zero-order valence-corrected chi connectivity index (χ0v) is 11.7. The number of nitrogens with zero attached hydrogens (tertiary/aromatic N) is 2. The molecule has 7 heteroatoms. The number of hydrogen-bond acceptors (Lipinski definition) is 6. The molecule has 0 radical (unpaired) electrons. The average Bonchev–Trinajstić information content (AvgIpc) is 2.74. The molecule has 0 aliphatic heterocycles. The number of carbonyl (C=O) groups is 2. The van der Waals surface area contributed by atoms with Gasteiger partial charge in [0.1, 0.15) is 5.82 Å². The van der Waals surface area contributed by atoms with Crippen LogP contribution in [0.2, 0.25) is 0 Å². The van der Waals surface area contributed by atoms with Crippen LogP contribution in [0.4, 0.5) is 0 Å². The van der Waals surface area contributed by atoms with Gasteiger partial charge in [0.2, 0.25) is 5.16 Å². The summed E-state index contributed by atoms with van der Waals surface area (Å²) in [6.45, 7) is 7.24. The van der Waals surface area contributed by atoms with Crippen molar-refractivity contribution >= 4 is 23.5 Å². The molecule has 1 N–H and O–H groups in total. The Morgan fingerprint density at radius 1 is 1.44 bits per heavy atom. The molecule has 0 aromatic carbocycles. The SMILES string of the molecule is CCOC(=O)[C@H](Sc1n[nH]c(C(C)C)n1)C(C)=O. The quantitative estimate of drug-likeness (QED) is 0.480. The van der Waals surface area contributed by atoms with E-state index < -0.39 is 11.2 Å². The lowest BCUT2D eigenvalue weighted by atomic mass is 10.2. The third kappa shape index (κ3) is 3.83. The highest BCUT2D eigenvalue weighted by Crippen LogP contribution is 2.22. The number of Topliss-reactive ketones (excluding diaryl/α,β-unsaturated/α-hetero) is 1. The Labute approximate surface area is 110 Å². The molecule has 1 atom stereocenters. The summed E-state index contributed by atoms with van der Waals surface area (Å²) in [5.41, 5.74) is 0. The van der Waals surface area contributed by atoms with E-state index >= 15 is 0 Å². The van der Waals surface area contributed by atoms with Crippen molar-refractivity contribution in [3.05, 3.63) is 5.82 Å². The van der Waals surface area contributed by atoms with Crippen molar-refractivity contribution in [1.82, 2.24) is 15.2 Å². The van der Waals surface area contributed by atoms with Crippen LogP contribution in [0.25, 0.3) is 0 Å². The lowest BCUT2D eigenvalue weighted by Crippen LogP contribution is -2.27. The van der Waals surface area contributed by atoms with Gasteiger partial charge in [-0.25, -0.2) is 4.98 Å². The Morgan fingerprint density at radius 3 is 2.56 bits per heavy atom. The molecule has 0 saturated heterocycles. The molecule has 0 spiro atoms. The van der Waals surface area contributed by atoms with Crippen LogP contribution in [0, 0.1) is 0 Å². The van der Waals surface area contributed by atoms with Crippen LogP contribution in [0.15, 0.2) is 5.16 Å². The monoisotopic (exact) mass is 271 g/mol. The highest BCUT2D eigenvalue weighted by Gasteiger charge is 2.27. The van der Waals surface area contributed by atoms with Gasteiger partial charge in [-0.05, 0) is 13.8 Å². The van der Waals surface area contributed by atoms with Crippen LogP contribution < -0.4 is 0 Å². The van der Waals surface area contributed by atoms with Crippen LogP contribution in [-0.2, 0) is 14.3 Å². The Kier molecular flexibility index (Phi) is 5.33. The van der Waals surface area contributed by atoms with Gasteiger partial charge in [0.05, 0.1) is 6.61 Å². The first-order valence-electron chi connectivity index (χ1n) is 5.71. The van der Waals surface area contributed by atoms with Crippen LogP contribution >= 0.6 is 11.8 Å². The molecule has 0 aliphatic carbocycles. The molecule has 1 heterocycles. The van der Waals surface area contributed by atoms with Crippen molar-refractivity contribution in [3.8, 4) is 0 Å². The standard InChI is InChI=1S/C11H17N3O3S/c1-5-17-10(16)8(7(4)15)18-11-12-9(6(2)3)13-14-11/h6,8H,5H2,1-4H3,(H,12,13,14)/t8-/m1/s1. The minimum absolute atomic E-state index is 0.213. The van der Waals surface area contributed by atoms with Crippen LogP contribution in [-0.4, -0.2) is 38.8 Å². The Bertz CT molecular complexity index is 431. The van der Waals surface area contributed by atoms with E-state index in [-0.39, 0.29) is 18.3 Å². The number of aromatic amines is 1.